The average molecular weight is 356 g/mol. The third kappa shape index (κ3) is 7.15. The Hall–Kier alpha value is -1.90. The van der Waals surface area contributed by atoms with Crippen LogP contribution in [0.15, 0.2) is 35.9 Å². The third-order valence-electron chi connectivity index (χ3n) is 5.13. The fourth-order valence-electron chi connectivity index (χ4n) is 3.57. The van der Waals surface area contributed by atoms with Crippen molar-refractivity contribution in [3.05, 3.63) is 47.0 Å². The van der Waals surface area contributed by atoms with Gasteiger partial charge in [-0.15, -0.1) is 0 Å². The SMILES string of the molecule is CCCCCCCCCCCCc1ccccc1CC1=CC(=O)NC1=O. The van der Waals surface area contributed by atoms with Gasteiger partial charge in [0.05, 0.1) is 0 Å². The van der Waals surface area contributed by atoms with E-state index in [1.165, 1.54) is 81.4 Å². The Balaban J connectivity index is 1.66. The summed E-state index contributed by atoms with van der Waals surface area (Å²) in [7, 11) is 0. The molecule has 0 aromatic heterocycles. The van der Waals surface area contributed by atoms with Gasteiger partial charge in [0, 0.05) is 18.1 Å². The van der Waals surface area contributed by atoms with E-state index in [1.54, 1.807) is 0 Å². The third-order valence-corrected chi connectivity index (χ3v) is 5.13. The maximum Gasteiger partial charge on any atom is 0.254 e. The molecule has 26 heavy (non-hydrogen) atoms. The van der Waals surface area contributed by atoms with Crippen LogP contribution in [0, 0.1) is 0 Å². The van der Waals surface area contributed by atoms with E-state index >= 15 is 0 Å². The molecule has 2 amide bonds. The van der Waals surface area contributed by atoms with Gasteiger partial charge in [-0.25, -0.2) is 0 Å². The first-order valence-corrected chi connectivity index (χ1v) is 10.3. The van der Waals surface area contributed by atoms with Gasteiger partial charge in [-0.3, -0.25) is 14.9 Å². The molecule has 1 aromatic rings. The largest absolute Gasteiger partial charge is 0.289 e. The number of imide groups is 1. The smallest absolute Gasteiger partial charge is 0.254 e. The van der Waals surface area contributed by atoms with Crippen LogP contribution in [-0.4, -0.2) is 11.8 Å². The summed E-state index contributed by atoms with van der Waals surface area (Å²) in [5, 5.41) is 2.32. The second-order valence-electron chi connectivity index (χ2n) is 7.37. The predicted octanol–water partition coefficient (Wildman–Crippen LogP) is 5.28. The minimum Gasteiger partial charge on any atom is -0.289 e. The molecule has 1 heterocycles. The van der Waals surface area contributed by atoms with Crippen LogP contribution in [0.2, 0.25) is 0 Å². The van der Waals surface area contributed by atoms with Crippen LogP contribution in [0.5, 0.6) is 0 Å². The van der Waals surface area contributed by atoms with E-state index in [4.69, 9.17) is 0 Å². The first-order valence-electron chi connectivity index (χ1n) is 10.3. The number of hydrogen-bond acceptors (Lipinski definition) is 2. The molecule has 1 aromatic carbocycles. The van der Waals surface area contributed by atoms with Crippen molar-refractivity contribution in [2.45, 2.75) is 84.0 Å². The van der Waals surface area contributed by atoms with Crippen LogP contribution in [0.4, 0.5) is 0 Å². The molecule has 0 aliphatic carbocycles. The van der Waals surface area contributed by atoms with E-state index in [0.717, 1.165) is 6.42 Å². The second-order valence-corrected chi connectivity index (χ2v) is 7.37. The second kappa shape index (κ2) is 11.7. The first kappa shape index (κ1) is 20.4. The van der Waals surface area contributed by atoms with Crippen LogP contribution in [0.1, 0.15) is 82.3 Å². The number of carbonyl (C=O) groups excluding carboxylic acids is 2. The van der Waals surface area contributed by atoms with Crippen molar-refractivity contribution in [3.63, 3.8) is 0 Å². The molecule has 0 atom stereocenters. The molecule has 0 spiro atoms. The molecule has 3 heteroatoms. The van der Waals surface area contributed by atoms with E-state index in [1.807, 2.05) is 6.07 Å². The lowest BCUT2D eigenvalue weighted by molar-refractivity contribution is -0.123. The normalized spacial score (nSPS) is 13.8. The Morgan fingerprint density at radius 3 is 1.92 bits per heavy atom. The summed E-state index contributed by atoms with van der Waals surface area (Å²) < 4.78 is 0. The van der Waals surface area contributed by atoms with Crippen LogP contribution >= 0.6 is 0 Å². The minimum absolute atomic E-state index is 0.247. The lowest BCUT2D eigenvalue weighted by Crippen LogP contribution is -2.22. The van der Waals surface area contributed by atoms with Crippen molar-refractivity contribution >= 4 is 11.8 Å². The Morgan fingerprint density at radius 1 is 0.769 bits per heavy atom. The summed E-state index contributed by atoms with van der Waals surface area (Å²) >= 11 is 0. The number of carbonyl (C=O) groups is 2. The Bertz CT molecular complexity index is 618. The fraction of sp³-hybridized carbons (Fsp3) is 0.565. The van der Waals surface area contributed by atoms with E-state index in [9.17, 15) is 9.59 Å². The molecule has 0 fully saturated rings. The maximum atomic E-state index is 11.7. The number of amides is 2. The number of hydrogen-bond donors (Lipinski definition) is 1. The van der Waals surface area contributed by atoms with Crippen LogP contribution in [0.25, 0.3) is 0 Å². The van der Waals surface area contributed by atoms with Crippen molar-refractivity contribution < 1.29 is 9.59 Å². The van der Waals surface area contributed by atoms with Gasteiger partial charge in [0.1, 0.15) is 0 Å². The summed E-state index contributed by atoms with van der Waals surface area (Å²) in [4.78, 5) is 23.0. The van der Waals surface area contributed by atoms with Crippen molar-refractivity contribution in [1.29, 1.82) is 0 Å². The molecular weight excluding hydrogens is 322 g/mol. The van der Waals surface area contributed by atoms with Gasteiger partial charge in [-0.05, 0) is 24.0 Å². The molecule has 0 radical (unpaired) electrons. The van der Waals surface area contributed by atoms with Gasteiger partial charge in [0.25, 0.3) is 11.8 Å². The highest BCUT2D eigenvalue weighted by Crippen LogP contribution is 2.19. The zero-order valence-corrected chi connectivity index (χ0v) is 16.2. The monoisotopic (exact) mass is 355 g/mol. The lowest BCUT2D eigenvalue weighted by Gasteiger charge is -2.09. The molecule has 1 aliphatic rings. The van der Waals surface area contributed by atoms with Gasteiger partial charge in [-0.1, -0.05) is 89.0 Å². The number of aryl methyl sites for hydroxylation is 1. The van der Waals surface area contributed by atoms with E-state index in [2.05, 4.69) is 30.4 Å². The number of rotatable bonds is 13. The van der Waals surface area contributed by atoms with Gasteiger partial charge >= 0.3 is 0 Å². The van der Waals surface area contributed by atoms with Crippen molar-refractivity contribution in [2.24, 2.45) is 0 Å². The van der Waals surface area contributed by atoms with E-state index in [-0.39, 0.29) is 11.8 Å². The summed E-state index contributed by atoms with van der Waals surface area (Å²) in [6, 6.07) is 8.29. The quantitative estimate of drug-likeness (QED) is 0.387. The molecule has 3 nitrogen and oxygen atoms in total. The van der Waals surface area contributed by atoms with Crippen LogP contribution in [0.3, 0.4) is 0 Å². The maximum absolute atomic E-state index is 11.7. The minimum atomic E-state index is -0.294. The molecule has 1 N–H and O–H groups in total. The zero-order chi connectivity index (χ0) is 18.6. The number of unbranched alkanes of at least 4 members (excludes halogenated alkanes) is 9. The molecule has 0 bridgehead atoms. The summed E-state index contributed by atoms with van der Waals surface area (Å²) in [5.74, 6) is -0.541. The molecule has 142 valence electrons. The van der Waals surface area contributed by atoms with Crippen molar-refractivity contribution in [3.8, 4) is 0 Å². The van der Waals surface area contributed by atoms with Crippen molar-refractivity contribution in [2.75, 3.05) is 0 Å². The summed E-state index contributed by atoms with van der Waals surface area (Å²) in [6.07, 6.45) is 16.4. The predicted molar refractivity (Wildman–Crippen MR) is 107 cm³/mol. The highest BCUT2D eigenvalue weighted by molar-refractivity contribution is 6.16. The average Bonchev–Trinajstić information content (AvgIpc) is 2.95. The van der Waals surface area contributed by atoms with Gasteiger partial charge in [-0.2, -0.15) is 0 Å². The van der Waals surface area contributed by atoms with Crippen LogP contribution < -0.4 is 5.32 Å². The molecule has 0 saturated heterocycles. The van der Waals surface area contributed by atoms with Gasteiger partial charge < -0.3 is 0 Å². The standard InChI is InChI=1S/C23H33NO2/c1-2-3-4-5-6-7-8-9-10-11-14-19-15-12-13-16-20(19)17-21-18-22(25)24-23(21)26/h12-13,15-16,18H,2-11,14,17H2,1H3,(H,24,25,26). The van der Waals surface area contributed by atoms with E-state index in [0.29, 0.717) is 12.0 Å². The van der Waals surface area contributed by atoms with E-state index < -0.39 is 0 Å². The van der Waals surface area contributed by atoms with Crippen molar-refractivity contribution in [1.82, 2.24) is 5.32 Å². The topological polar surface area (TPSA) is 46.2 Å². The Kier molecular flexibility index (Phi) is 9.16. The lowest BCUT2D eigenvalue weighted by atomic mass is 9.96. The molecule has 2 rings (SSSR count). The Labute approximate surface area is 158 Å². The Morgan fingerprint density at radius 2 is 1.35 bits per heavy atom. The molecular formula is C23H33NO2. The summed E-state index contributed by atoms with van der Waals surface area (Å²) in [6.45, 7) is 2.26. The molecule has 0 saturated carbocycles. The van der Waals surface area contributed by atoms with Gasteiger partial charge in [0.15, 0.2) is 0 Å². The molecule has 1 aliphatic heterocycles. The summed E-state index contributed by atoms with van der Waals surface area (Å²) in [5.41, 5.74) is 3.05. The zero-order valence-electron chi connectivity index (χ0n) is 16.2. The highest BCUT2D eigenvalue weighted by Gasteiger charge is 2.21. The molecule has 0 unspecified atom stereocenters. The fourth-order valence-corrected chi connectivity index (χ4v) is 3.57. The van der Waals surface area contributed by atoms with Gasteiger partial charge in [0.2, 0.25) is 0 Å². The van der Waals surface area contributed by atoms with Crippen LogP contribution in [-0.2, 0) is 22.4 Å². The highest BCUT2D eigenvalue weighted by atomic mass is 16.2. The number of benzene rings is 1. The first-order chi connectivity index (χ1) is 12.7. The number of nitrogens with one attached hydrogen (secondary N) is 1.